The minimum absolute atomic E-state index is 0.137. The molecule has 0 amide bonds. The summed E-state index contributed by atoms with van der Waals surface area (Å²) >= 11 is 0. The molecule has 0 N–H and O–H groups in total. The molecule has 7 rings (SSSR count). The topological polar surface area (TPSA) is 44.0 Å². The van der Waals surface area contributed by atoms with Crippen molar-refractivity contribution in [3.05, 3.63) is 42.1 Å². The van der Waals surface area contributed by atoms with Crippen molar-refractivity contribution in [1.82, 2.24) is 0 Å². The monoisotopic (exact) mass is 431 g/mol. The van der Waals surface area contributed by atoms with Crippen LogP contribution in [0, 0.1) is 0 Å². The predicted molar refractivity (Wildman–Crippen MR) is 121 cm³/mol. The maximum atomic E-state index is 5.95. The molecule has 0 unspecified atom stereocenters. The van der Waals surface area contributed by atoms with Crippen molar-refractivity contribution in [2.45, 2.75) is 37.8 Å². The summed E-state index contributed by atoms with van der Waals surface area (Å²) in [5.74, 6) is 2.65. The third-order valence-electron chi connectivity index (χ3n) is 7.77. The Morgan fingerprint density at radius 2 is 1.84 bits per heavy atom. The highest BCUT2D eigenvalue weighted by atomic mass is 16.7. The molecule has 0 saturated carbocycles. The van der Waals surface area contributed by atoms with Gasteiger partial charge in [-0.25, -0.2) is 0 Å². The summed E-state index contributed by atoms with van der Waals surface area (Å²) in [6.07, 6.45) is 6.68. The molecule has 4 aliphatic heterocycles. The van der Waals surface area contributed by atoms with Crippen molar-refractivity contribution in [3.8, 4) is 28.5 Å². The van der Waals surface area contributed by atoms with E-state index >= 15 is 0 Å². The summed E-state index contributed by atoms with van der Waals surface area (Å²) in [5.41, 5.74) is 5.14. The fraction of sp³-hybridized carbons (Fsp3) is 0.423. The summed E-state index contributed by atoms with van der Waals surface area (Å²) in [7, 11) is 1.77. The van der Waals surface area contributed by atoms with Gasteiger partial charge in [0, 0.05) is 25.6 Å². The summed E-state index contributed by atoms with van der Waals surface area (Å²) in [4.78, 5) is 2.50. The number of pyridine rings is 1. The lowest BCUT2D eigenvalue weighted by Gasteiger charge is -2.48. The number of aromatic nitrogens is 1. The zero-order chi connectivity index (χ0) is 21.3. The molecule has 3 aromatic rings. The van der Waals surface area contributed by atoms with Gasteiger partial charge >= 0.3 is 0 Å². The van der Waals surface area contributed by atoms with Crippen LogP contribution in [0.25, 0.3) is 22.0 Å². The normalized spacial score (nSPS) is 20.1. The number of fused-ring (bicyclic) bond motifs is 5. The van der Waals surface area contributed by atoms with Crippen LogP contribution in [0.3, 0.4) is 0 Å². The van der Waals surface area contributed by atoms with Crippen molar-refractivity contribution in [3.63, 3.8) is 0 Å². The second kappa shape index (κ2) is 6.75. The minimum atomic E-state index is 0.137. The van der Waals surface area contributed by atoms with Crippen LogP contribution in [-0.4, -0.2) is 39.2 Å². The number of methoxy groups -OCH3 is 1. The van der Waals surface area contributed by atoms with Crippen LogP contribution >= 0.6 is 0 Å². The molecule has 32 heavy (non-hydrogen) atoms. The SMILES string of the molecule is COc1ccc2cc3[n+](cc2c1N1CCC2(CCO2)CC1)CCc1cc2c(cc1-3)OCO2. The van der Waals surface area contributed by atoms with Gasteiger partial charge in [-0.05, 0) is 48.4 Å². The van der Waals surface area contributed by atoms with Gasteiger partial charge in [-0.15, -0.1) is 0 Å². The first-order chi connectivity index (χ1) is 15.7. The number of hydrogen-bond donors (Lipinski definition) is 0. The van der Waals surface area contributed by atoms with Crippen molar-refractivity contribution in [1.29, 1.82) is 0 Å². The second-order valence-corrected chi connectivity index (χ2v) is 9.35. The molecule has 4 aliphatic rings. The van der Waals surface area contributed by atoms with E-state index in [1.807, 2.05) is 0 Å². The molecule has 2 aromatic carbocycles. The van der Waals surface area contributed by atoms with Gasteiger partial charge in [0.2, 0.25) is 12.5 Å². The van der Waals surface area contributed by atoms with E-state index in [4.69, 9.17) is 18.9 Å². The number of anilines is 1. The second-order valence-electron chi connectivity index (χ2n) is 9.35. The first-order valence-electron chi connectivity index (χ1n) is 11.6. The number of piperidine rings is 1. The van der Waals surface area contributed by atoms with Gasteiger partial charge in [-0.1, -0.05) is 6.07 Å². The molecular weight excluding hydrogens is 404 g/mol. The number of rotatable bonds is 2. The van der Waals surface area contributed by atoms with Crippen LogP contribution in [0.1, 0.15) is 24.8 Å². The number of benzene rings is 2. The zero-order valence-corrected chi connectivity index (χ0v) is 18.4. The lowest BCUT2D eigenvalue weighted by molar-refractivity contribution is -0.686. The maximum absolute atomic E-state index is 5.95. The van der Waals surface area contributed by atoms with Gasteiger partial charge in [0.1, 0.15) is 5.75 Å². The van der Waals surface area contributed by atoms with Crippen molar-refractivity contribution in [2.75, 3.05) is 38.5 Å². The highest BCUT2D eigenvalue weighted by molar-refractivity contribution is 5.98. The van der Waals surface area contributed by atoms with Gasteiger partial charge in [-0.2, -0.15) is 4.57 Å². The van der Waals surface area contributed by atoms with Crippen LogP contribution < -0.4 is 23.7 Å². The first-order valence-corrected chi connectivity index (χ1v) is 11.6. The Hall–Kier alpha value is -2.99. The maximum Gasteiger partial charge on any atom is 0.231 e. The molecule has 5 heterocycles. The standard InChI is InChI=1S/C26H27N2O4/c1-29-22-3-2-17-12-21-19-14-24-23(30-16-31-24)13-18(19)4-8-28(21)15-20(17)25(22)27-9-5-26(6-10-27)7-11-32-26/h2-3,12-15H,4-11,16H2,1H3/q+1. The van der Waals surface area contributed by atoms with Crippen molar-refractivity contribution < 1.29 is 23.5 Å². The summed E-state index contributed by atoms with van der Waals surface area (Å²) in [6.45, 7) is 4.18. The largest absolute Gasteiger partial charge is 0.495 e. The Labute approximate surface area is 187 Å². The molecule has 0 radical (unpaired) electrons. The van der Waals surface area contributed by atoms with E-state index < -0.39 is 0 Å². The average Bonchev–Trinajstić information content (AvgIpc) is 3.27. The van der Waals surface area contributed by atoms with E-state index in [-0.39, 0.29) is 5.60 Å². The zero-order valence-electron chi connectivity index (χ0n) is 18.4. The third-order valence-corrected chi connectivity index (χ3v) is 7.77. The van der Waals surface area contributed by atoms with Gasteiger partial charge in [0.25, 0.3) is 0 Å². The fourth-order valence-electron chi connectivity index (χ4n) is 5.82. The van der Waals surface area contributed by atoms with Gasteiger partial charge in [0.15, 0.2) is 24.2 Å². The van der Waals surface area contributed by atoms with Crippen molar-refractivity contribution >= 4 is 16.5 Å². The molecule has 1 spiro atoms. The van der Waals surface area contributed by atoms with Crippen LogP contribution in [0.5, 0.6) is 17.2 Å². The lowest BCUT2D eigenvalue weighted by atomic mass is 9.84. The minimum Gasteiger partial charge on any atom is -0.495 e. The fourth-order valence-corrected chi connectivity index (χ4v) is 5.82. The van der Waals surface area contributed by atoms with Crippen LogP contribution in [0.2, 0.25) is 0 Å². The van der Waals surface area contributed by atoms with E-state index in [0.717, 1.165) is 62.8 Å². The highest BCUT2D eigenvalue weighted by Crippen LogP contribution is 2.44. The Bertz CT molecular complexity index is 1240. The molecule has 2 fully saturated rings. The number of aryl methyl sites for hydroxylation is 2. The first kappa shape index (κ1) is 18.6. The highest BCUT2D eigenvalue weighted by Gasteiger charge is 2.42. The quantitative estimate of drug-likeness (QED) is 0.577. The molecule has 1 aromatic heterocycles. The molecule has 6 heteroatoms. The molecule has 6 nitrogen and oxygen atoms in total. The molecular formula is C26H27N2O4+. The van der Waals surface area contributed by atoms with Crippen LogP contribution in [0.4, 0.5) is 5.69 Å². The average molecular weight is 432 g/mol. The Balaban J connectivity index is 1.34. The molecule has 0 atom stereocenters. The Morgan fingerprint density at radius 3 is 2.59 bits per heavy atom. The molecule has 0 aliphatic carbocycles. The predicted octanol–water partition coefficient (Wildman–Crippen LogP) is 3.85. The summed E-state index contributed by atoms with van der Waals surface area (Å²) in [6, 6.07) is 10.9. The lowest BCUT2D eigenvalue weighted by Crippen LogP contribution is -2.52. The molecule has 0 bridgehead atoms. The summed E-state index contributed by atoms with van der Waals surface area (Å²) < 4.78 is 25.4. The van der Waals surface area contributed by atoms with E-state index in [9.17, 15) is 0 Å². The van der Waals surface area contributed by atoms with Crippen molar-refractivity contribution in [2.24, 2.45) is 0 Å². The van der Waals surface area contributed by atoms with E-state index in [2.05, 4.69) is 46.0 Å². The van der Waals surface area contributed by atoms with Gasteiger partial charge in [0.05, 0.1) is 36.0 Å². The van der Waals surface area contributed by atoms with Crippen LogP contribution in [-0.2, 0) is 17.7 Å². The number of ether oxygens (including phenoxy) is 4. The number of hydrogen-bond acceptors (Lipinski definition) is 5. The van der Waals surface area contributed by atoms with Gasteiger partial charge in [-0.3, -0.25) is 0 Å². The molecule has 2 saturated heterocycles. The Kier molecular flexibility index (Phi) is 3.92. The van der Waals surface area contributed by atoms with Gasteiger partial charge < -0.3 is 23.8 Å². The smallest absolute Gasteiger partial charge is 0.231 e. The summed E-state index contributed by atoms with van der Waals surface area (Å²) in [5, 5.41) is 2.49. The third kappa shape index (κ3) is 2.65. The van der Waals surface area contributed by atoms with Crippen LogP contribution in [0.15, 0.2) is 36.5 Å². The Morgan fingerprint density at radius 1 is 1.03 bits per heavy atom. The number of nitrogens with zero attached hydrogens (tertiary/aromatic N) is 2. The van der Waals surface area contributed by atoms with E-state index in [1.165, 1.54) is 39.7 Å². The molecule has 164 valence electrons. The van der Waals surface area contributed by atoms with E-state index in [1.54, 1.807) is 7.11 Å². The van der Waals surface area contributed by atoms with E-state index in [0.29, 0.717) is 6.79 Å².